The molecule has 0 aliphatic heterocycles. The summed E-state index contributed by atoms with van der Waals surface area (Å²) in [7, 11) is 0. The highest BCUT2D eigenvalue weighted by Crippen LogP contribution is 2.38. The number of benzene rings is 1. The van der Waals surface area contributed by atoms with Gasteiger partial charge in [-0.05, 0) is 6.07 Å². The summed E-state index contributed by atoms with van der Waals surface area (Å²) in [6.07, 6.45) is 0. The standard InChI is InChI=1S/C7H3Cl2F2NO3/c8-5-3(12(13)14)1-2-4(6(5)9)15-7(10)11/h1-2,7H. The van der Waals surface area contributed by atoms with Crippen molar-refractivity contribution in [3.8, 4) is 5.75 Å². The number of rotatable bonds is 3. The fourth-order valence-electron chi connectivity index (χ4n) is 0.850. The first-order valence-corrected chi connectivity index (χ1v) is 4.26. The van der Waals surface area contributed by atoms with Crippen LogP contribution in [-0.2, 0) is 0 Å². The fraction of sp³-hybridized carbons (Fsp3) is 0.143. The quantitative estimate of drug-likeness (QED) is 0.615. The van der Waals surface area contributed by atoms with Gasteiger partial charge in [0.2, 0.25) is 0 Å². The molecule has 0 aromatic heterocycles. The molecule has 0 saturated carbocycles. The molecule has 1 rings (SSSR count). The number of nitro groups is 1. The zero-order chi connectivity index (χ0) is 11.6. The number of alkyl halides is 2. The average molecular weight is 258 g/mol. The predicted octanol–water partition coefficient (Wildman–Crippen LogP) is 3.50. The molecular weight excluding hydrogens is 255 g/mol. The lowest BCUT2D eigenvalue weighted by atomic mass is 10.3. The molecular formula is C7H3Cl2F2NO3. The maximum absolute atomic E-state index is 11.8. The lowest BCUT2D eigenvalue weighted by Crippen LogP contribution is -2.03. The van der Waals surface area contributed by atoms with Crippen molar-refractivity contribution in [2.45, 2.75) is 6.61 Å². The van der Waals surface area contributed by atoms with Crippen molar-refractivity contribution >= 4 is 28.9 Å². The van der Waals surface area contributed by atoms with Crippen LogP contribution in [0.5, 0.6) is 5.75 Å². The molecule has 0 aliphatic rings. The van der Waals surface area contributed by atoms with Crippen molar-refractivity contribution in [1.82, 2.24) is 0 Å². The van der Waals surface area contributed by atoms with E-state index < -0.39 is 33.0 Å². The minimum absolute atomic E-state index is 0.401. The van der Waals surface area contributed by atoms with E-state index in [1.165, 1.54) is 0 Å². The molecule has 0 spiro atoms. The third-order valence-corrected chi connectivity index (χ3v) is 2.29. The highest BCUT2D eigenvalue weighted by atomic mass is 35.5. The van der Waals surface area contributed by atoms with E-state index in [2.05, 4.69) is 4.74 Å². The summed E-state index contributed by atoms with van der Waals surface area (Å²) in [5.74, 6) is -0.401. The summed E-state index contributed by atoms with van der Waals surface area (Å²) < 4.78 is 27.7. The van der Waals surface area contributed by atoms with Gasteiger partial charge in [-0.2, -0.15) is 8.78 Å². The maximum atomic E-state index is 11.8. The third kappa shape index (κ3) is 2.66. The molecule has 0 fully saturated rings. The molecule has 0 atom stereocenters. The summed E-state index contributed by atoms with van der Waals surface area (Å²) in [6, 6.07) is 1.89. The summed E-state index contributed by atoms with van der Waals surface area (Å²) >= 11 is 11.0. The summed E-state index contributed by atoms with van der Waals surface area (Å²) in [4.78, 5) is 9.60. The van der Waals surface area contributed by atoms with Gasteiger partial charge in [-0.3, -0.25) is 10.1 Å². The van der Waals surface area contributed by atoms with E-state index in [9.17, 15) is 18.9 Å². The molecule has 0 saturated heterocycles. The van der Waals surface area contributed by atoms with Crippen molar-refractivity contribution < 1.29 is 18.4 Å². The highest BCUT2D eigenvalue weighted by Gasteiger charge is 2.20. The average Bonchev–Trinajstić information content (AvgIpc) is 2.12. The number of hydrogen-bond acceptors (Lipinski definition) is 3. The van der Waals surface area contributed by atoms with Gasteiger partial charge in [-0.25, -0.2) is 0 Å². The summed E-state index contributed by atoms with van der Waals surface area (Å²) in [5.41, 5.74) is -0.469. The lowest BCUT2D eigenvalue weighted by molar-refractivity contribution is -0.384. The number of nitro benzene ring substituents is 1. The normalized spacial score (nSPS) is 10.5. The van der Waals surface area contributed by atoms with E-state index in [0.717, 1.165) is 12.1 Å². The smallest absolute Gasteiger partial charge is 0.387 e. The van der Waals surface area contributed by atoms with Gasteiger partial charge in [-0.1, -0.05) is 23.2 Å². The van der Waals surface area contributed by atoms with Crippen molar-refractivity contribution in [3.05, 3.63) is 32.3 Å². The molecule has 1 aromatic carbocycles. The van der Waals surface area contributed by atoms with Crippen molar-refractivity contribution in [2.24, 2.45) is 0 Å². The number of ether oxygens (including phenoxy) is 1. The van der Waals surface area contributed by atoms with Crippen LogP contribution in [0.3, 0.4) is 0 Å². The Bertz CT molecular complexity index is 400. The Morgan fingerprint density at radius 2 is 1.93 bits per heavy atom. The molecule has 0 aliphatic carbocycles. The van der Waals surface area contributed by atoms with Crippen LogP contribution < -0.4 is 4.74 Å². The van der Waals surface area contributed by atoms with Gasteiger partial charge in [0.05, 0.1) is 4.92 Å². The Morgan fingerprint density at radius 3 is 2.40 bits per heavy atom. The second-order valence-corrected chi connectivity index (χ2v) is 3.10. The van der Waals surface area contributed by atoms with Gasteiger partial charge in [0.25, 0.3) is 5.69 Å². The SMILES string of the molecule is O=[N+]([O-])c1ccc(OC(F)F)c(Cl)c1Cl. The monoisotopic (exact) mass is 257 g/mol. The first kappa shape index (κ1) is 11.9. The van der Waals surface area contributed by atoms with Gasteiger partial charge >= 0.3 is 6.61 Å². The molecule has 0 heterocycles. The summed E-state index contributed by atoms with van der Waals surface area (Å²) in [6.45, 7) is -3.07. The van der Waals surface area contributed by atoms with Gasteiger partial charge in [-0.15, -0.1) is 0 Å². The van der Waals surface area contributed by atoms with E-state index in [1.54, 1.807) is 0 Å². The van der Waals surface area contributed by atoms with Crippen LogP contribution in [0.2, 0.25) is 10.0 Å². The number of halogens is 4. The van der Waals surface area contributed by atoms with Crippen LogP contribution in [0.15, 0.2) is 12.1 Å². The molecule has 0 unspecified atom stereocenters. The van der Waals surface area contributed by atoms with E-state index in [1.807, 2.05) is 0 Å². The van der Waals surface area contributed by atoms with Gasteiger partial charge < -0.3 is 4.74 Å². The molecule has 82 valence electrons. The molecule has 15 heavy (non-hydrogen) atoms. The first-order chi connectivity index (χ1) is 6.93. The topological polar surface area (TPSA) is 52.4 Å². The Balaban J connectivity index is 3.15. The van der Waals surface area contributed by atoms with E-state index >= 15 is 0 Å². The minimum Gasteiger partial charge on any atom is -0.433 e. The Kier molecular flexibility index (Phi) is 3.65. The van der Waals surface area contributed by atoms with Crippen molar-refractivity contribution in [2.75, 3.05) is 0 Å². The third-order valence-electron chi connectivity index (χ3n) is 1.44. The lowest BCUT2D eigenvalue weighted by Gasteiger charge is -2.07. The molecule has 0 radical (unpaired) electrons. The molecule has 0 amide bonds. The fourth-order valence-corrected chi connectivity index (χ4v) is 1.28. The Hall–Kier alpha value is -1.14. The number of nitrogens with zero attached hydrogens (tertiary/aromatic N) is 1. The first-order valence-electron chi connectivity index (χ1n) is 3.50. The molecule has 0 N–H and O–H groups in total. The van der Waals surface area contributed by atoms with Crippen LogP contribution in [0, 0.1) is 10.1 Å². The van der Waals surface area contributed by atoms with Crippen LogP contribution in [0.1, 0.15) is 0 Å². The zero-order valence-corrected chi connectivity index (χ0v) is 8.43. The molecule has 8 heteroatoms. The van der Waals surface area contributed by atoms with E-state index in [4.69, 9.17) is 23.2 Å². The maximum Gasteiger partial charge on any atom is 0.387 e. The summed E-state index contributed by atoms with van der Waals surface area (Å²) in [5, 5.41) is 9.54. The highest BCUT2D eigenvalue weighted by molar-refractivity contribution is 6.44. The molecule has 0 bridgehead atoms. The van der Waals surface area contributed by atoms with Gasteiger partial charge in [0.15, 0.2) is 0 Å². The Labute approximate surface area is 92.5 Å². The van der Waals surface area contributed by atoms with Crippen LogP contribution in [-0.4, -0.2) is 11.5 Å². The van der Waals surface area contributed by atoms with Crippen molar-refractivity contribution in [3.63, 3.8) is 0 Å². The largest absolute Gasteiger partial charge is 0.433 e. The molecule has 4 nitrogen and oxygen atoms in total. The van der Waals surface area contributed by atoms with Crippen molar-refractivity contribution in [1.29, 1.82) is 0 Å². The van der Waals surface area contributed by atoms with Crippen LogP contribution in [0.4, 0.5) is 14.5 Å². The Morgan fingerprint density at radius 1 is 1.33 bits per heavy atom. The van der Waals surface area contributed by atoms with Crippen LogP contribution in [0.25, 0.3) is 0 Å². The number of hydrogen-bond donors (Lipinski definition) is 0. The predicted molar refractivity (Wildman–Crippen MR) is 49.7 cm³/mol. The van der Waals surface area contributed by atoms with E-state index in [0.29, 0.717) is 0 Å². The zero-order valence-electron chi connectivity index (χ0n) is 6.92. The molecule has 1 aromatic rings. The second-order valence-electron chi connectivity index (χ2n) is 2.35. The van der Waals surface area contributed by atoms with Gasteiger partial charge in [0, 0.05) is 6.07 Å². The van der Waals surface area contributed by atoms with Crippen LogP contribution >= 0.6 is 23.2 Å². The second kappa shape index (κ2) is 4.59. The minimum atomic E-state index is -3.07. The van der Waals surface area contributed by atoms with E-state index in [-0.39, 0.29) is 0 Å². The van der Waals surface area contributed by atoms with Gasteiger partial charge in [0.1, 0.15) is 15.8 Å².